The SMILES string of the molecule is COCCCN(CC(=O)c1c(C)[nH]c(C(=O)OC)c1C)C(=O)c1ccc(Cl)cc1. The molecule has 8 heteroatoms. The fraction of sp³-hybridized carbons (Fsp3) is 0.381. The highest BCUT2D eigenvalue weighted by Gasteiger charge is 2.25. The molecule has 1 heterocycles. The summed E-state index contributed by atoms with van der Waals surface area (Å²) in [6.45, 7) is 4.09. The number of nitrogens with one attached hydrogen (secondary N) is 1. The number of carbonyl (C=O) groups is 3. The fourth-order valence-corrected chi connectivity index (χ4v) is 3.28. The topological polar surface area (TPSA) is 88.7 Å². The van der Waals surface area contributed by atoms with E-state index in [2.05, 4.69) is 4.98 Å². The molecule has 0 bridgehead atoms. The van der Waals surface area contributed by atoms with Crippen molar-refractivity contribution in [2.75, 3.05) is 33.9 Å². The highest BCUT2D eigenvalue weighted by Crippen LogP contribution is 2.20. The summed E-state index contributed by atoms with van der Waals surface area (Å²) in [7, 11) is 2.86. The Morgan fingerprint density at radius 3 is 2.34 bits per heavy atom. The molecule has 2 rings (SSSR count). The number of ketones is 1. The molecule has 2 aromatic rings. The number of H-pyrrole nitrogens is 1. The number of nitrogens with zero attached hydrogens (tertiary/aromatic N) is 1. The Labute approximate surface area is 174 Å². The van der Waals surface area contributed by atoms with Gasteiger partial charge in [-0.15, -0.1) is 0 Å². The summed E-state index contributed by atoms with van der Waals surface area (Å²) in [6, 6.07) is 6.52. The van der Waals surface area contributed by atoms with Crippen LogP contribution < -0.4 is 0 Å². The number of aromatic nitrogens is 1. The predicted octanol–water partition coefficient (Wildman–Crippen LogP) is 3.43. The maximum atomic E-state index is 13.0. The molecule has 0 saturated heterocycles. The molecule has 0 atom stereocenters. The van der Waals surface area contributed by atoms with Crippen molar-refractivity contribution >= 4 is 29.3 Å². The predicted molar refractivity (Wildman–Crippen MR) is 110 cm³/mol. The van der Waals surface area contributed by atoms with Crippen LogP contribution >= 0.6 is 11.6 Å². The van der Waals surface area contributed by atoms with Gasteiger partial charge in [0, 0.05) is 42.1 Å². The van der Waals surface area contributed by atoms with Crippen molar-refractivity contribution in [1.29, 1.82) is 0 Å². The van der Waals surface area contributed by atoms with Crippen molar-refractivity contribution in [3.8, 4) is 0 Å². The molecule has 0 aliphatic carbocycles. The number of ether oxygens (including phenoxy) is 2. The number of aryl methyl sites for hydroxylation is 1. The van der Waals surface area contributed by atoms with Gasteiger partial charge in [-0.1, -0.05) is 11.6 Å². The molecule has 7 nitrogen and oxygen atoms in total. The first-order valence-corrected chi connectivity index (χ1v) is 9.52. The van der Waals surface area contributed by atoms with Crippen LogP contribution in [0, 0.1) is 13.8 Å². The monoisotopic (exact) mass is 420 g/mol. The Morgan fingerprint density at radius 2 is 1.76 bits per heavy atom. The number of rotatable bonds is 9. The summed E-state index contributed by atoms with van der Waals surface area (Å²) >= 11 is 5.90. The fourth-order valence-electron chi connectivity index (χ4n) is 3.15. The number of methoxy groups -OCH3 is 2. The Balaban J connectivity index is 2.27. The van der Waals surface area contributed by atoms with Crippen LogP contribution in [0.2, 0.25) is 5.02 Å². The standard InChI is InChI=1S/C21H25ClN2O5/c1-13-18(14(2)23-19(13)21(27)29-4)17(25)12-24(10-5-11-28-3)20(26)15-6-8-16(22)9-7-15/h6-9,23H,5,10-12H2,1-4H3. The third-order valence-electron chi connectivity index (χ3n) is 4.60. The lowest BCUT2D eigenvalue weighted by atomic mass is 10.0. The third-order valence-corrected chi connectivity index (χ3v) is 4.85. The van der Waals surface area contributed by atoms with Crippen molar-refractivity contribution in [1.82, 2.24) is 9.88 Å². The lowest BCUT2D eigenvalue weighted by Crippen LogP contribution is -2.37. The second-order valence-electron chi connectivity index (χ2n) is 6.62. The number of aromatic amines is 1. The largest absolute Gasteiger partial charge is 0.464 e. The molecule has 0 fully saturated rings. The van der Waals surface area contributed by atoms with E-state index in [4.69, 9.17) is 21.1 Å². The van der Waals surface area contributed by atoms with E-state index in [-0.39, 0.29) is 23.9 Å². The number of halogens is 1. The highest BCUT2D eigenvalue weighted by molar-refractivity contribution is 6.30. The number of Topliss-reactive ketones (excluding diaryl/α,β-unsaturated/α-hetero) is 1. The van der Waals surface area contributed by atoms with E-state index in [1.165, 1.54) is 12.0 Å². The van der Waals surface area contributed by atoms with Crippen LogP contribution in [0.3, 0.4) is 0 Å². The van der Waals surface area contributed by atoms with Crippen molar-refractivity contribution in [2.24, 2.45) is 0 Å². The Bertz CT molecular complexity index is 889. The number of benzene rings is 1. The van der Waals surface area contributed by atoms with Crippen LogP contribution in [0.1, 0.15) is 48.9 Å². The summed E-state index contributed by atoms with van der Waals surface area (Å²) in [5.74, 6) is -1.07. The highest BCUT2D eigenvalue weighted by atomic mass is 35.5. The summed E-state index contributed by atoms with van der Waals surface area (Å²) in [4.78, 5) is 42.2. The second-order valence-corrected chi connectivity index (χ2v) is 7.06. The van der Waals surface area contributed by atoms with E-state index in [0.29, 0.717) is 47.0 Å². The van der Waals surface area contributed by atoms with Crippen molar-refractivity contribution in [2.45, 2.75) is 20.3 Å². The molecule has 0 radical (unpaired) electrons. The van der Waals surface area contributed by atoms with Crippen LogP contribution in [-0.4, -0.2) is 61.5 Å². The van der Waals surface area contributed by atoms with Crippen LogP contribution in [-0.2, 0) is 9.47 Å². The van der Waals surface area contributed by atoms with Gasteiger partial charge in [0.25, 0.3) is 5.91 Å². The van der Waals surface area contributed by atoms with Gasteiger partial charge in [0.15, 0.2) is 5.78 Å². The van der Waals surface area contributed by atoms with Gasteiger partial charge >= 0.3 is 5.97 Å². The molecule has 0 aliphatic rings. The first kappa shape index (κ1) is 22.6. The molecule has 1 N–H and O–H groups in total. The quantitative estimate of drug-likeness (QED) is 0.381. The normalized spacial score (nSPS) is 10.7. The molecular formula is C21H25ClN2O5. The molecule has 1 aromatic carbocycles. The Hall–Kier alpha value is -2.64. The van der Waals surface area contributed by atoms with Crippen LogP contribution in [0.25, 0.3) is 0 Å². The average molecular weight is 421 g/mol. The zero-order chi connectivity index (χ0) is 21.6. The van der Waals surface area contributed by atoms with Gasteiger partial charge in [0.2, 0.25) is 0 Å². The van der Waals surface area contributed by atoms with Crippen LogP contribution in [0.5, 0.6) is 0 Å². The maximum absolute atomic E-state index is 13.0. The van der Waals surface area contributed by atoms with Gasteiger partial charge < -0.3 is 19.4 Å². The smallest absolute Gasteiger partial charge is 0.354 e. The zero-order valence-electron chi connectivity index (χ0n) is 17.0. The van der Waals surface area contributed by atoms with E-state index in [0.717, 1.165) is 0 Å². The number of hydrogen-bond donors (Lipinski definition) is 1. The van der Waals surface area contributed by atoms with E-state index in [9.17, 15) is 14.4 Å². The molecule has 1 aromatic heterocycles. The van der Waals surface area contributed by atoms with E-state index >= 15 is 0 Å². The summed E-state index contributed by atoms with van der Waals surface area (Å²) in [5.41, 5.74) is 2.14. The van der Waals surface area contributed by atoms with Crippen molar-refractivity contribution in [3.05, 3.63) is 57.4 Å². The van der Waals surface area contributed by atoms with Gasteiger partial charge in [-0.3, -0.25) is 9.59 Å². The van der Waals surface area contributed by atoms with E-state index in [1.54, 1.807) is 45.2 Å². The molecule has 0 aliphatic heterocycles. The lowest BCUT2D eigenvalue weighted by molar-refractivity contribution is 0.0593. The van der Waals surface area contributed by atoms with Crippen LogP contribution in [0.4, 0.5) is 0 Å². The Kier molecular flexibility index (Phi) is 7.99. The minimum Gasteiger partial charge on any atom is -0.464 e. The van der Waals surface area contributed by atoms with Gasteiger partial charge in [-0.2, -0.15) is 0 Å². The average Bonchev–Trinajstić information content (AvgIpc) is 3.00. The Morgan fingerprint density at radius 1 is 1.10 bits per heavy atom. The van der Waals surface area contributed by atoms with Gasteiger partial charge in [0.05, 0.1) is 13.7 Å². The molecule has 29 heavy (non-hydrogen) atoms. The minimum atomic E-state index is -0.543. The molecule has 0 unspecified atom stereocenters. The molecule has 156 valence electrons. The van der Waals surface area contributed by atoms with Gasteiger partial charge in [-0.25, -0.2) is 4.79 Å². The van der Waals surface area contributed by atoms with Crippen molar-refractivity contribution < 1.29 is 23.9 Å². The first-order chi connectivity index (χ1) is 13.8. The minimum absolute atomic E-state index is 0.120. The maximum Gasteiger partial charge on any atom is 0.354 e. The lowest BCUT2D eigenvalue weighted by Gasteiger charge is -2.22. The van der Waals surface area contributed by atoms with Crippen LogP contribution in [0.15, 0.2) is 24.3 Å². The number of carbonyl (C=O) groups excluding carboxylic acids is 3. The summed E-state index contributed by atoms with van der Waals surface area (Å²) in [5, 5.41) is 0.525. The molecule has 1 amide bonds. The summed E-state index contributed by atoms with van der Waals surface area (Å²) < 4.78 is 9.81. The van der Waals surface area contributed by atoms with Crippen molar-refractivity contribution in [3.63, 3.8) is 0 Å². The number of amides is 1. The third kappa shape index (κ3) is 5.46. The second kappa shape index (κ2) is 10.2. The number of hydrogen-bond acceptors (Lipinski definition) is 5. The molecule has 0 saturated carbocycles. The van der Waals surface area contributed by atoms with Gasteiger partial charge in [0.1, 0.15) is 5.69 Å². The molecule has 0 spiro atoms. The van der Waals surface area contributed by atoms with Gasteiger partial charge in [-0.05, 0) is 50.1 Å². The molecular weight excluding hydrogens is 396 g/mol. The number of esters is 1. The summed E-state index contributed by atoms with van der Waals surface area (Å²) in [6.07, 6.45) is 0.585. The first-order valence-electron chi connectivity index (χ1n) is 9.14. The van der Waals surface area contributed by atoms with E-state index < -0.39 is 5.97 Å². The zero-order valence-corrected chi connectivity index (χ0v) is 17.8. The van der Waals surface area contributed by atoms with E-state index in [1.807, 2.05) is 0 Å².